The molecule has 3 fully saturated rings. The molecule has 7 heteroatoms. The highest BCUT2D eigenvalue weighted by atomic mass is 16.5. The summed E-state index contributed by atoms with van der Waals surface area (Å²) >= 11 is 0. The van der Waals surface area contributed by atoms with Crippen molar-refractivity contribution < 1.29 is 14.1 Å². The van der Waals surface area contributed by atoms with Crippen molar-refractivity contribution >= 4 is 5.91 Å². The number of carbonyl (C=O) groups is 1. The molecule has 1 N–H and O–H groups in total. The molecule has 1 aromatic heterocycles. The Morgan fingerprint density at radius 1 is 1.25 bits per heavy atom. The van der Waals surface area contributed by atoms with Crippen LogP contribution in [0, 0.1) is 24.7 Å². The molecule has 24 heavy (non-hydrogen) atoms. The van der Waals surface area contributed by atoms with E-state index in [1.165, 1.54) is 0 Å². The number of piperidine rings is 1. The smallest absolute Gasteiger partial charge is 0.231 e. The van der Waals surface area contributed by atoms with Gasteiger partial charge in [-0.15, -0.1) is 0 Å². The Bertz CT molecular complexity index is 584. The Labute approximate surface area is 142 Å². The number of aryl methyl sites for hydroxylation is 1. The van der Waals surface area contributed by atoms with Gasteiger partial charge in [-0.05, 0) is 51.1 Å². The number of amides is 1. The van der Waals surface area contributed by atoms with Crippen LogP contribution in [0.2, 0.25) is 0 Å². The van der Waals surface area contributed by atoms with Gasteiger partial charge in [-0.2, -0.15) is 4.98 Å². The van der Waals surface area contributed by atoms with Crippen molar-refractivity contribution in [3.05, 3.63) is 11.7 Å². The van der Waals surface area contributed by atoms with Gasteiger partial charge in [0.2, 0.25) is 11.8 Å². The number of nitrogens with one attached hydrogen (secondary N) is 1. The molecule has 4 heterocycles. The summed E-state index contributed by atoms with van der Waals surface area (Å²) < 4.78 is 10.9. The van der Waals surface area contributed by atoms with Gasteiger partial charge in [0, 0.05) is 25.6 Å². The Hall–Kier alpha value is -1.47. The second-order valence-electron chi connectivity index (χ2n) is 7.41. The number of nitrogens with zero attached hydrogens (tertiary/aromatic N) is 3. The van der Waals surface area contributed by atoms with Crippen LogP contribution in [0.4, 0.5) is 0 Å². The van der Waals surface area contributed by atoms with Crippen LogP contribution < -0.4 is 5.32 Å². The van der Waals surface area contributed by atoms with Gasteiger partial charge >= 0.3 is 0 Å². The summed E-state index contributed by atoms with van der Waals surface area (Å²) in [5, 5.41) is 6.98. The Kier molecular flexibility index (Phi) is 4.54. The molecule has 3 aliphatic heterocycles. The van der Waals surface area contributed by atoms with Gasteiger partial charge in [0.25, 0.3) is 0 Å². The summed E-state index contributed by atoms with van der Waals surface area (Å²) in [5.74, 6) is 2.68. The van der Waals surface area contributed by atoms with E-state index in [0.717, 1.165) is 52.1 Å². The van der Waals surface area contributed by atoms with E-state index in [9.17, 15) is 4.79 Å². The van der Waals surface area contributed by atoms with E-state index in [4.69, 9.17) is 9.26 Å². The molecule has 0 radical (unpaired) electrons. The Morgan fingerprint density at radius 3 is 2.88 bits per heavy atom. The van der Waals surface area contributed by atoms with Crippen molar-refractivity contribution in [2.24, 2.45) is 17.8 Å². The van der Waals surface area contributed by atoms with E-state index in [1.54, 1.807) is 0 Å². The van der Waals surface area contributed by atoms with Crippen LogP contribution in [0.5, 0.6) is 0 Å². The van der Waals surface area contributed by atoms with Crippen molar-refractivity contribution in [3.8, 4) is 0 Å². The summed E-state index contributed by atoms with van der Waals surface area (Å²) in [6.07, 6.45) is 3.08. The zero-order valence-corrected chi connectivity index (χ0v) is 14.2. The second kappa shape index (κ2) is 6.80. The second-order valence-corrected chi connectivity index (χ2v) is 7.41. The fourth-order valence-corrected chi connectivity index (χ4v) is 4.49. The molecule has 4 atom stereocenters. The fourth-order valence-electron chi connectivity index (χ4n) is 4.49. The average Bonchev–Trinajstić information content (AvgIpc) is 3.18. The molecule has 4 rings (SSSR count). The van der Waals surface area contributed by atoms with Gasteiger partial charge in [-0.1, -0.05) is 5.16 Å². The van der Waals surface area contributed by atoms with Crippen LogP contribution in [0.25, 0.3) is 0 Å². The molecule has 3 aliphatic rings. The van der Waals surface area contributed by atoms with Crippen LogP contribution in [-0.2, 0) is 9.53 Å². The third-order valence-electron chi connectivity index (χ3n) is 5.80. The molecule has 132 valence electrons. The highest BCUT2D eigenvalue weighted by Crippen LogP contribution is 2.38. The van der Waals surface area contributed by atoms with E-state index < -0.39 is 0 Å². The number of carbonyl (C=O) groups excluding carboxylic acids is 1. The average molecular weight is 334 g/mol. The zero-order chi connectivity index (χ0) is 16.5. The molecule has 1 aromatic rings. The molecular weight excluding hydrogens is 308 g/mol. The minimum atomic E-state index is 0.0563. The molecule has 0 saturated carbocycles. The molecule has 0 aliphatic carbocycles. The van der Waals surface area contributed by atoms with Gasteiger partial charge in [-0.3, -0.25) is 4.79 Å². The van der Waals surface area contributed by atoms with Crippen LogP contribution in [-0.4, -0.2) is 60.3 Å². The first-order valence-corrected chi connectivity index (χ1v) is 9.08. The predicted octanol–water partition coefficient (Wildman–Crippen LogP) is 0.956. The monoisotopic (exact) mass is 334 g/mol. The maximum Gasteiger partial charge on any atom is 0.231 e. The summed E-state index contributed by atoms with van der Waals surface area (Å²) in [7, 11) is 0. The van der Waals surface area contributed by atoms with E-state index >= 15 is 0 Å². The number of hydrogen-bond acceptors (Lipinski definition) is 6. The lowest BCUT2D eigenvalue weighted by molar-refractivity contribution is -0.129. The lowest BCUT2D eigenvalue weighted by Crippen LogP contribution is -2.46. The third kappa shape index (κ3) is 3.19. The minimum Gasteiger partial charge on any atom is -0.381 e. The van der Waals surface area contributed by atoms with Crippen molar-refractivity contribution in [2.75, 3.05) is 39.4 Å². The summed E-state index contributed by atoms with van der Waals surface area (Å²) in [6, 6.07) is 0. The minimum absolute atomic E-state index is 0.0563. The van der Waals surface area contributed by atoms with E-state index in [2.05, 4.69) is 20.4 Å². The lowest BCUT2D eigenvalue weighted by Gasteiger charge is -2.34. The highest BCUT2D eigenvalue weighted by Gasteiger charge is 2.43. The summed E-state index contributed by atoms with van der Waals surface area (Å²) in [6.45, 7) is 7.33. The summed E-state index contributed by atoms with van der Waals surface area (Å²) in [4.78, 5) is 19.3. The standard InChI is InChI=1S/C17H26N4O3/c1-11-19-17(24-20-11)15-8-18-16(22)14-3-6-21(5-2-13(14)15)9-12-4-7-23-10-12/h12-15H,2-10H2,1H3,(H,18,22)/t12?,13-,14+,15-/m1/s1. The number of ether oxygens (including phenoxy) is 1. The van der Waals surface area contributed by atoms with Crippen molar-refractivity contribution in [3.63, 3.8) is 0 Å². The molecule has 0 spiro atoms. The van der Waals surface area contributed by atoms with Crippen molar-refractivity contribution in [2.45, 2.75) is 32.1 Å². The molecule has 3 saturated heterocycles. The van der Waals surface area contributed by atoms with Gasteiger partial charge in [0.15, 0.2) is 5.82 Å². The summed E-state index contributed by atoms with van der Waals surface area (Å²) in [5.41, 5.74) is 0. The number of rotatable bonds is 3. The van der Waals surface area contributed by atoms with Gasteiger partial charge in [0.1, 0.15) is 0 Å². The zero-order valence-electron chi connectivity index (χ0n) is 14.2. The van der Waals surface area contributed by atoms with Crippen molar-refractivity contribution in [1.29, 1.82) is 0 Å². The van der Waals surface area contributed by atoms with E-state index in [0.29, 0.717) is 30.1 Å². The van der Waals surface area contributed by atoms with E-state index in [-0.39, 0.29) is 17.7 Å². The fraction of sp³-hybridized carbons (Fsp3) is 0.824. The lowest BCUT2D eigenvalue weighted by atomic mass is 9.75. The largest absolute Gasteiger partial charge is 0.381 e. The van der Waals surface area contributed by atoms with Crippen LogP contribution in [0.1, 0.15) is 36.9 Å². The quantitative estimate of drug-likeness (QED) is 0.887. The first-order valence-electron chi connectivity index (χ1n) is 9.08. The van der Waals surface area contributed by atoms with Gasteiger partial charge < -0.3 is 19.5 Å². The van der Waals surface area contributed by atoms with Crippen LogP contribution in [0.15, 0.2) is 4.52 Å². The SMILES string of the molecule is Cc1noc([C@@H]2CNC(=O)[C@H]3CCN(CC4CCOC4)CC[C@H]32)n1. The molecular formula is C17H26N4O3. The topological polar surface area (TPSA) is 80.5 Å². The Morgan fingerprint density at radius 2 is 2.12 bits per heavy atom. The van der Waals surface area contributed by atoms with Crippen LogP contribution >= 0.6 is 0 Å². The van der Waals surface area contributed by atoms with E-state index in [1.807, 2.05) is 6.92 Å². The van der Waals surface area contributed by atoms with Gasteiger partial charge in [-0.25, -0.2) is 0 Å². The molecule has 7 nitrogen and oxygen atoms in total. The first-order chi connectivity index (χ1) is 11.7. The number of fused-ring (bicyclic) bond motifs is 1. The third-order valence-corrected chi connectivity index (χ3v) is 5.80. The molecule has 1 amide bonds. The number of hydrogen-bond donors (Lipinski definition) is 1. The first kappa shape index (κ1) is 16.0. The molecule has 1 unspecified atom stereocenters. The normalized spacial score (nSPS) is 34.6. The number of likely N-dealkylation sites (tertiary alicyclic amines) is 1. The highest BCUT2D eigenvalue weighted by molar-refractivity contribution is 5.80. The van der Waals surface area contributed by atoms with Crippen molar-refractivity contribution in [1.82, 2.24) is 20.4 Å². The van der Waals surface area contributed by atoms with Crippen LogP contribution in [0.3, 0.4) is 0 Å². The Balaban J connectivity index is 1.47. The number of aromatic nitrogens is 2. The van der Waals surface area contributed by atoms with Gasteiger partial charge in [0.05, 0.1) is 12.5 Å². The molecule has 0 aromatic carbocycles. The predicted molar refractivity (Wildman–Crippen MR) is 86.4 cm³/mol. The molecule has 0 bridgehead atoms. The maximum atomic E-state index is 12.4. The maximum absolute atomic E-state index is 12.4.